The zero-order chi connectivity index (χ0) is 24.3. The summed E-state index contributed by atoms with van der Waals surface area (Å²) < 4.78 is 91.8. The van der Waals surface area contributed by atoms with E-state index in [9.17, 15) is 37.6 Å². The van der Waals surface area contributed by atoms with Gasteiger partial charge in [-0.25, -0.2) is 4.39 Å². The predicted molar refractivity (Wildman–Crippen MR) is 115 cm³/mol. The second-order valence-corrected chi connectivity index (χ2v) is 11.8. The quantitative estimate of drug-likeness (QED) is 0.255. The molecule has 3 aromatic rings. The number of fused-ring (bicyclic) bond motifs is 1. The summed E-state index contributed by atoms with van der Waals surface area (Å²) in [6, 6.07) is 2.90. The van der Waals surface area contributed by atoms with Gasteiger partial charge in [-0.05, 0) is 47.1 Å². The van der Waals surface area contributed by atoms with E-state index in [1.165, 1.54) is 12.1 Å². The minimum Gasteiger partial charge on any atom is -0.346 e. The molecule has 0 aliphatic carbocycles. The topological polar surface area (TPSA) is 67.0 Å². The molecule has 0 spiro atoms. The molecule has 1 heterocycles. The predicted octanol–water partition coefficient (Wildman–Crippen LogP) is 7.25. The van der Waals surface area contributed by atoms with Crippen LogP contribution in [0.4, 0.5) is 23.8 Å². The molecule has 1 unspecified atom stereocenters. The number of carbonyl (C=O) groups is 1. The molecule has 14 heteroatoms. The van der Waals surface area contributed by atoms with E-state index in [2.05, 4.69) is 20.9 Å². The molecule has 0 saturated heterocycles. The van der Waals surface area contributed by atoms with Crippen molar-refractivity contribution in [3.05, 3.63) is 67.0 Å². The number of rotatable bonds is 5. The summed E-state index contributed by atoms with van der Waals surface area (Å²) in [4.78, 5) is 25.2. The highest BCUT2D eigenvalue weighted by Crippen LogP contribution is 3.02. The number of carbonyl (C=O) groups excluding carboxylic acids is 1. The van der Waals surface area contributed by atoms with E-state index in [4.69, 9.17) is 11.6 Å². The van der Waals surface area contributed by atoms with Crippen molar-refractivity contribution in [1.29, 1.82) is 0 Å². The third-order valence-electron chi connectivity index (χ3n) is 4.36. The second kappa shape index (κ2) is 7.34. The van der Waals surface area contributed by atoms with Crippen molar-refractivity contribution in [1.82, 2.24) is 4.98 Å². The van der Waals surface area contributed by atoms with E-state index in [0.29, 0.717) is 10.5 Å². The normalized spacial score (nSPS) is 15.3. The molecule has 0 saturated carbocycles. The van der Waals surface area contributed by atoms with Crippen molar-refractivity contribution in [3.63, 3.8) is 0 Å². The Bertz CT molecular complexity index is 1390. The number of nitrogens with one attached hydrogen (secondary N) is 1. The van der Waals surface area contributed by atoms with Gasteiger partial charge in [-0.2, -0.15) is 0 Å². The molecule has 0 amide bonds. The zero-order valence-corrected chi connectivity index (χ0v) is 19.6. The average molecular weight is 583 g/mol. The number of Topliss-reactive ketones (excluding diaryl/α,β-unsaturated/α-hetero) is 1. The first kappa shape index (κ1) is 24.8. The lowest BCUT2D eigenvalue weighted by molar-refractivity contribution is 0.101. The van der Waals surface area contributed by atoms with Crippen molar-refractivity contribution in [2.45, 2.75) is 22.6 Å². The number of pyridine rings is 1. The molecule has 1 aromatic heterocycles. The molecular formula is C18H11BrClF6NO3S2. The average Bonchev–Trinajstić information content (AvgIpc) is 2.63. The van der Waals surface area contributed by atoms with Crippen molar-refractivity contribution in [3.8, 4) is 0 Å². The van der Waals surface area contributed by atoms with Crippen LogP contribution in [0.5, 0.6) is 0 Å². The van der Waals surface area contributed by atoms with Gasteiger partial charge in [0.2, 0.25) is 5.43 Å². The molecule has 2 aromatic carbocycles. The van der Waals surface area contributed by atoms with E-state index in [1.54, 1.807) is 0 Å². The minimum absolute atomic E-state index is 0.00177. The summed E-state index contributed by atoms with van der Waals surface area (Å²) in [5.41, 5.74) is -1.88. The molecule has 174 valence electrons. The monoisotopic (exact) mass is 581 g/mol. The molecule has 0 bridgehead atoms. The van der Waals surface area contributed by atoms with Gasteiger partial charge in [0.1, 0.15) is 15.7 Å². The highest BCUT2D eigenvalue weighted by Gasteiger charge is 2.65. The van der Waals surface area contributed by atoms with Crippen LogP contribution in [-0.4, -0.2) is 15.0 Å². The van der Waals surface area contributed by atoms with Crippen LogP contribution < -0.4 is 5.43 Å². The van der Waals surface area contributed by atoms with Gasteiger partial charge in [0.15, 0.2) is 5.78 Å². The number of ketones is 1. The first-order valence-corrected chi connectivity index (χ1v) is 12.8. The van der Waals surface area contributed by atoms with Crippen LogP contribution >= 0.6 is 37.8 Å². The summed E-state index contributed by atoms with van der Waals surface area (Å²) in [6.07, 6.45) is 0. The zero-order valence-electron chi connectivity index (χ0n) is 15.7. The van der Waals surface area contributed by atoms with Crippen LogP contribution in [0, 0.1) is 5.82 Å². The summed E-state index contributed by atoms with van der Waals surface area (Å²) in [6.45, 7) is 1.02. The van der Waals surface area contributed by atoms with Gasteiger partial charge in [0, 0.05) is 10.0 Å². The third kappa shape index (κ3) is 4.75. The van der Waals surface area contributed by atoms with Crippen LogP contribution in [0.3, 0.4) is 0 Å². The number of benzene rings is 2. The van der Waals surface area contributed by atoms with Crippen molar-refractivity contribution in [2.24, 2.45) is 0 Å². The van der Waals surface area contributed by atoms with Gasteiger partial charge in [0.25, 0.3) is 0 Å². The number of hydrogen-bond acceptors (Lipinski definition) is 3. The number of aromatic amines is 1. The van der Waals surface area contributed by atoms with Crippen LogP contribution in [-0.2, 0) is 16.6 Å². The summed E-state index contributed by atoms with van der Waals surface area (Å²) in [7, 11) is -12.5. The molecule has 0 radical (unpaired) electrons. The second-order valence-electron chi connectivity index (χ2n) is 6.71. The lowest BCUT2D eigenvalue weighted by Gasteiger charge is -2.40. The van der Waals surface area contributed by atoms with Crippen molar-refractivity contribution < 1.29 is 32.8 Å². The molecular weight excluding hydrogens is 572 g/mol. The molecule has 32 heavy (non-hydrogen) atoms. The maximum atomic E-state index is 14.2. The maximum Gasteiger partial charge on any atom is 0.310 e. The highest BCUT2D eigenvalue weighted by atomic mass is 79.9. The first-order valence-electron chi connectivity index (χ1n) is 8.36. The largest absolute Gasteiger partial charge is 0.346 e. The van der Waals surface area contributed by atoms with Gasteiger partial charge in [0.05, 0.1) is 38.0 Å². The molecule has 0 aliphatic rings. The van der Waals surface area contributed by atoms with Crippen LogP contribution in [0.25, 0.3) is 10.9 Å². The van der Waals surface area contributed by atoms with Crippen LogP contribution in [0.1, 0.15) is 22.8 Å². The molecule has 0 fully saturated rings. The molecule has 1 atom stereocenters. The lowest BCUT2D eigenvalue weighted by atomic mass is 10.1. The maximum absolute atomic E-state index is 14.2. The summed E-state index contributed by atoms with van der Waals surface area (Å²) >= 11 is 9.22. The Morgan fingerprint density at radius 3 is 2.31 bits per heavy atom. The van der Waals surface area contributed by atoms with E-state index < -0.39 is 64.9 Å². The van der Waals surface area contributed by atoms with E-state index >= 15 is 0 Å². The lowest BCUT2D eigenvalue weighted by Crippen LogP contribution is -2.20. The van der Waals surface area contributed by atoms with Crippen molar-refractivity contribution >= 4 is 65.2 Å². The SMILES string of the molecule is CC(=O)c1c(S(=O)Cc2ccc(S(F)(F)(F)(F)F)cc2F)[nH]c2c(Br)ccc(Cl)c2c1=O. The summed E-state index contributed by atoms with van der Waals surface area (Å²) in [5.74, 6) is -3.25. The number of hydrogen-bond donors (Lipinski definition) is 1. The fourth-order valence-corrected chi connectivity index (χ4v) is 5.55. The van der Waals surface area contributed by atoms with Crippen LogP contribution in [0.15, 0.2) is 49.5 Å². The minimum atomic E-state index is -10.1. The van der Waals surface area contributed by atoms with E-state index in [-0.39, 0.29) is 28.1 Å². The molecule has 1 N–H and O–H groups in total. The number of H-pyrrole nitrogens is 1. The fraction of sp³-hybridized carbons (Fsp3) is 0.111. The highest BCUT2D eigenvalue weighted by molar-refractivity contribution is 9.10. The Morgan fingerprint density at radius 2 is 1.78 bits per heavy atom. The van der Waals surface area contributed by atoms with E-state index in [0.717, 1.165) is 6.92 Å². The van der Waals surface area contributed by atoms with Gasteiger partial charge >= 0.3 is 10.2 Å². The number of aromatic nitrogens is 1. The fourth-order valence-electron chi connectivity index (χ4n) is 2.89. The van der Waals surface area contributed by atoms with Gasteiger partial charge in [-0.1, -0.05) is 37.1 Å². The Morgan fingerprint density at radius 1 is 1.16 bits per heavy atom. The van der Waals surface area contributed by atoms with Crippen molar-refractivity contribution in [2.75, 3.05) is 0 Å². The Labute approximate surface area is 192 Å². The third-order valence-corrected chi connectivity index (χ3v) is 7.81. The van der Waals surface area contributed by atoms with E-state index in [1.807, 2.05) is 0 Å². The Hall–Kier alpha value is -1.83. The van der Waals surface area contributed by atoms with Gasteiger partial charge in [-0.15, -0.1) is 0 Å². The van der Waals surface area contributed by atoms with Gasteiger partial charge in [-0.3, -0.25) is 13.8 Å². The molecule has 4 nitrogen and oxygen atoms in total. The Balaban J connectivity index is 2.14. The molecule has 3 rings (SSSR count). The standard InChI is InChI=1S/C18H11BrClF6NO3S2/c1-8(28)14-17(29)15-12(20)5-4-11(19)16(15)27-18(14)31(30)7-9-2-3-10(6-13(9)21)32(22,23,24,25)26/h2-6H,7H2,1H3,(H,27,29). The summed E-state index contributed by atoms with van der Waals surface area (Å²) in [5, 5.41) is -0.477. The first-order chi connectivity index (χ1) is 14.4. The van der Waals surface area contributed by atoms with Gasteiger partial charge < -0.3 is 4.98 Å². The smallest absolute Gasteiger partial charge is 0.310 e. The van der Waals surface area contributed by atoms with Crippen LogP contribution in [0.2, 0.25) is 5.02 Å². The molecule has 0 aliphatic heterocycles. The number of halogens is 8. The Kier molecular flexibility index (Phi) is 5.69.